The Bertz CT molecular complexity index is 348. The number of aliphatic hydroxyl groups excluding tert-OH is 1. The molecule has 1 heterocycles. The zero-order valence-corrected chi connectivity index (χ0v) is 10.1. The monoisotopic (exact) mass is 223 g/mol. The summed E-state index contributed by atoms with van der Waals surface area (Å²) in [5, 5.41) is 17.7. The van der Waals surface area contributed by atoms with E-state index in [2.05, 4.69) is 17.3 Å². The highest BCUT2D eigenvalue weighted by Crippen LogP contribution is 2.23. The Balaban J connectivity index is 2.06. The lowest BCUT2D eigenvalue weighted by Gasteiger charge is -2.28. The molecule has 0 bridgehead atoms. The molecule has 1 aliphatic rings. The molecule has 0 saturated heterocycles. The van der Waals surface area contributed by atoms with Gasteiger partial charge in [-0.15, -0.1) is 0 Å². The lowest BCUT2D eigenvalue weighted by atomic mass is 9.92. The van der Waals surface area contributed by atoms with E-state index in [1.165, 1.54) is 6.42 Å². The first kappa shape index (κ1) is 11.5. The maximum Gasteiger partial charge on any atom is 0.0853 e. The summed E-state index contributed by atoms with van der Waals surface area (Å²) < 4.78 is 1.83. The molecule has 4 nitrogen and oxygen atoms in total. The summed E-state index contributed by atoms with van der Waals surface area (Å²) in [5.41, 5.74) is 2.16. The van der Waals surface area contributed by atoms with Crippen LogP contribution in [0.15, 0.2) is 6.20 Å². The van der Waals surface area contributed by atoms with Gasteiger partial charge >= 0.3 is 0 Å². The topological polar surface area (TPSA) is 50.1 Å². The van der Waals surface area contributed by atoms with Crippen molar-refractivity contribution in [1.82, 2.24) is 9.78 Å². The van der Waals surface area contributed by atoms with Crippen molar-refractivity contribution < 1.29 is 5.11 Å². The Hall–Kier alpha value is -1.03. The smallest absolute Gasteiger partial charge is 0.0853 e. The normalized spacial score (nSPS) is 25.7. The van der Waals surface area contributed by atoms with Crippen molar-refractivity contribution in [2.45, 2.75) is 51.2 Å². The van der Waals surface area contributed by atoms with Gasteiger partial charge in [-0.25, -0.2) is 0 Å². The molecule has 90 valence electrons. The van der Waals surface area contributed by atoms with Crippen LogP contribution in [0.25, 0.3) is 0 Å². The molecule has 1 aromatic rings. The summed E-state index contributed by atoms with van der Waals surface area (Å²) >= 11 is 0. The maximum atomic E-state index is 9.91. The van der Waals surface area contributed by atoms with Crippen molar-refractivity contribution >= 4 is 5.69 Å². The summed E-state index contributed by atoms with van der Waals surface area (Å²) in [4.78, 5) is 0. The lowest BCUT2D eigenvalue weighted by molar-refractivity contribution is 0.116. The van der Waals surface area contributed by atoms with Crippen molar-refractivity contribution in [2.75, 3.05) is 5.32 Å². The predicted octanol–water partition coefficient (Wildman–Crippen LogP) is 1.70. The van der Waals surface area contributed by atoms with Crippen LogP contribution in [0.4, 0.5) is 5.69 Å². The van der Waals surface area contributed by atoms with Gasteiger partial charge in [0.05, 0.1) is 23.5 Å². The van der Waals surface area contributed by atoms with Crippen molar-refractivity contribution in [3.63, 3.8) is 0 Å². The van der Waals surface area contributed by atoms with Gasteiger partial charge in [0.15, 0.2) is 0 Å². The summed E-state index contributed by atoms with van der Waals surface area (Å²) in [5.74, 6) is 0. The van der Waals surface area contributed by atoms with Crippen molar-refractivity contribution in [1.29, 1.82) is 0 Å². The van der Waals surface area contributed by atoms with Crippen LogP contribution in [0.5, 0.6) is 0 Å². The minimum Gasteiger partial charge on any atom is -0.391 e. The quantitative estimate of drug-likeness (QED) is 0.820. The summed E-state index contributed by atoms with van der Waals surface area (Å²) in [6, 6.07) is 0.197. The summed E-state index contributed by atoms with van der Waals surface area (Å²) in [6.07, 6.45) is 7.03. The molecule has 0 amide bonds. The SMILES string of the molecule is CCc1nn(C)cc1N[C@H]1CCCC[C@@H]1O. The molecule has 4 heteroatoms. The molecular weight excluding hydrogens is 202 g/mol. The molecule has 0 spiro atoms. The predicted molar refractivity (Wildman–Crippen MR) is 64.5 cm³/mol. The van der Waals surface area contributed by atoms with E-state index < -0.39 is 0 Å². The van der Waals surface area contributed by atoms with Gasteiger partial charge in [-0.05, 0) is 19.3 Å². The zero-order chi connectivity index (χ0) is 11.5. The first-order chi connectivity index (χ1) is 7.70. The van der Waals surface area contributed by atoms with Gasteiger partial charge in [-0.1, -0.05) is 19.8 Å². The van der Waals surface area contributed by atoms with Crippen molar-refractivity contribution in [3.8, 4) is 0 Å². The highest BCUT2D eigenvalue weighted by Gasteiger charge is 2.23. The summed E-state index contributed by atoms with van der Waals surface area (Å²) in [6.45, 7) is 2.10. The molecule has 2 N–H and O–H groups in total. The second kappa shape index (κ2) is 4.87. The van der Waals surface area contributed by atoms with Gasteiger partial charge in [-0.3, -0.25) is 4.68 Å². The fourth-order valence-electron chi connectivity index (χ4n) is 2.40. The highest BCUT2D eigenvalue weighted by atomic mass is 16.3. The van der Waals surface area contributed by atoms with Gasteiger partial charge in [-0.2, -0.15) is 5.10 Å². The number of aromatic nitrogens is 2. The number of aryl methyl sites for hydroxylation is 2. The van der Waals surface area contributed by atoms with E-state index in [0.717, 1.165) is 37.1 Å². The minimum atomic E-state index is -0.210. The number of hydrogen-bond acceptors (Lipinski definition) is 3. The van der Waals surface area contributed by atoms with Crippen LogP contribution in [0, 0.1) is 0 Å². The minimum absolute atomic E-state index is 0.197. The molecule has 0 aliphatic heterocycles. The molecule has 16 heavy (non-hydrogen) atoms. The van der Waals surface area contributed by atoms with Crippen LogP contribution in [0.3, 0.4) is 0 Å². The number of rotatable bonds is 3. The van der Waals surface area contributed by atoms with Gasteiger partial charge in [0.25, 0.3) is 0 Å². The average molecular weight is 223 g/mol. The van der Waals surface area contributed by atoms with Crippen LogP contribution < -0.4 is 5.32 Å². The number of nitrogens with one attached hydrogen (secondary N) is 1. The number of hydrogen-bond donors (Lipinski definition) is 2. The van der Waals surface area contributed by atoms with Gasteiger partial charge in [0.1, 0.15) is 0 Å². The first-order valence-corrected chi connectivity index (χ1v) is 6.18. The molecule has 2 atom stereocenters. The number of nitrogens with zero attached hydrogens (tertiary/aromatic N) is 2. The molecule has 1 aromatic heterocycles. The molecule has 1 fully saturated rings. The standard InChI is InChI=1S/C12H21N3O/c1-3-9-11(8-15(2)14-9)13-10-6-4-5-7-12(10)16/h8,10,12-13,16H,3-7H2,1-2H3/t10-,12-/m0/s1. The second-order valence-corrected chi connectivity index (χ2v) is 4.62. The fourth-order valence-corrected chi connectivity index (χ4v) is 2.40. The van der Waals surface area contributed by atoms with E-state index in [1.54, 1.807) is 0 Å². The Morgan fingerprint density at radius 2 is 2.25 bits per heavy atom. The van der Waals surface area contributed by atoms with Crippen molar-refractivity contribution in [2.24, 2.45) is 7.05 Å². The van der Waals surface area contributed by atoms with E-state index in [4.69, 9.17) is 0 Å². The maximum absolute atomic E-state index is 9.91. The fraction of sp³-hybridized carbons (Fsp3) is 0.750. The van der Waals surface area contributed by atoms with Gasteiger partial charge in [0.2, 0.25) is 0 Å². The molecule has 1 saturated carbocycles. The lowest BCUT2D eigenvalue weighted by Crippen LogP contribution is -2.36. The van der Waals surface area contributed by atoms with E-state index in [1.807, 2.05) is 17.9 Å². The molecule has 0 unspecified atom stereocenters. The summed E-state index contributed by atoms with van der Waals surface area (Å²) in [7, 11) is 1.93. The van der Waals surface area contributed by atoms with Gasteiger partial charge < -0.3 is 10.4 Å². The molecule has 0 aromatic carbocycles. The molecular formula is C12H21N3O. The Morgan fingerprint density at radius 3 is 2.94 bits per heavy atom. The number of anilines is 1. The van der Waals surface area contributed by atoms with Crippen LogP contribution >= 0.6 is 0 Å². The Kier molecular flexibility index (Phi) is 3.49. The van der Waals surface area contributed by atoms with Crippen LogP contribution in [-0.4, -0.2) is 27.0 Å². The van der Waals surface area contributed by atoms with Crippen LogP contribution in [0.1, 0.15) is 38.3 Å². The third kappa shape index (κ3) is 2.38. The van der Waals surface area contributed by atoms with Crippen LogP contribution in [0.2, 0.25) is 0 Å². The van der Waals surface area contributed by atoms with Gasteiger partial charge in [0, 0.05) is 13.2 Å². The average Bonchev–Trinajstić information content (AvgIpc) is 2.62. The van der Waals surface area contributed by atoms with Crippen LogP contribution in [-0.2, 0) is 13.5 Å². The Morgan fingerprint density at radius 1 is 1.50 bits per heavy atom. The van der Waals surface area contributed by atoms with E-state index in [9.17, 15) is 5.11 Å². The van der Waals surface area contributed by atoms with E-state index in [0.29, 0.717) is 0 Å². The second-order valence-electron chi connectivity index (χ2n) is 4.62. The molecule has 0 radical (unpaired) electrons. The third-order valence-corrected chi connectivity index (χ3v) is 3.31. The molecule has 1 aliphatic carbocycles. The third-order valence-electron chi connectivity index (χ3n) is 3.31. The molecule has 2 rings (SSSR count). The van der Waals surface area contributed by atoms with Crippen molar-refractivity contribution in [3.05, 3.63) is 11.9 Å². The largest absolute Gasteiger partial charge is 0.391 e. The Labute approximate surface area is 96.7 Å². The first-order valence-electron chi connectivity index (χ1n) is 6.18. The van der Waals surface area contributed by atoms with E-state index in [-0.39, 0.29) is 12.1 Å². The highest BCUT2D eigenvalue weighted by molar-refractivity contribution is 5.47. The van der Waals surface area contributed by atoms with E-state index >= 15 is 0 Å². The number of aliphatic hydroxyl groups is 1. The zero-order valence-electron chi connectivity index (χ0n) is 10.1.